The second-order valence-corrected chi connectivity index (χ2v) is 12.3. The smallest absolute Gasteiger partial charge is 0.333 e. The van der Waals surface area contributed by atoms with E-state index >= 15 is 0 Å². The van der Waals surface area contributed by atoms with Gasteiger partial charge < -0.3 is 15.2 Å². The minimum atomic E-state index is -4.11. The number of rotatable bonds is 8. The minimum absolute atomic E-state index is 0.224. The Bertz CT molecular complexity index is 1470. The number of carbonyl (C=O) groups excluding carboxylic acids is 1. The van der Waals surface area contributed by atoms with Crippen molar-refractivity contribution in [1.29, 1.82) is 0 Å². The zero-order valence-electron chi connectivity index (χ0n) is 19.7. The van der Waals surface area contributed by atoms with Gasteiger partial charge >= 0.3 is 10.3 Å². The Morgan fingerprint density at radius 1 is 1.32 bits per heavy atom. The van der Waals surface area contributed by atoms with Crippen LogP contribution in [0, 0.1) is 5.92 Å². The molecule has 4 heterocycles. The molecule has 3 aromatic heterocycles. The third kappa shape index (κ3) is 6.00. The summed E-state index contributed by atoms with van der Waals surface area (Å²) in [7, 11) is -4.11. The lowest BCUT2D eigenvalue weighted by atomic mass is 9.99. The number of anilines is 1. The van der Waals surface area contributed by atoms with Gasteiger partial charge in [-0.25, -0.2) is 20.1 Å². The molecule has 1 aliphatic heterocycles. The summed E-state index contributed by atoms with van der Waals surface area (Å²) in [5.74, 6) is -0.506. The van der Waals surface area contributed by atoms with Crippen LogP contribution in [0.3, 0.4) is 0 Å². The van der Waals surface area contributed by atoms with Crippen molar-refractivity contribution in [2.24, 2.45) is 11.1 Å². The molecule has 4 N–H and O–H groups in total. The Balaban J connectivity index is 1.35. The maximum Gasteiger partial charge on any atom is 0.333 e. The monoisotopic (exact) mass is 599 g/mol. The quantitative estimate of drug-likeness (QED) is 0.258. The fourth-order valence-corrected chi connectivity index (χ4v) is 6.50. The van der Waals surface area contributed by atoms with E-state index in [0.717, 1.165) is 16.9 Å². The van der Waals surface area contributed by atoms with E-state index in [1.165, 1.54) is 12.5 Å². The zero-order valence-corrected chi connectivity index (χ0v) is 22.9. The number of aromatic nitrogens is 3. The lowest BCUT2D eigenvalue weighted by molar-refractivity contribution is 0.0667. The first-order valence-corrected chi connectivity index (χ1v) is 14.7. The first-order chi connectivity index (χ1) is 18.1. The van der Waals surface area contributed by atoms with Crippen LogP contribution in [0.2, 0.25) is 9.49 Å². The Hall–Kier alpha value is -2.23. The molecule has 0 spiro atoms. The van der Waals surface area contributed by atoms with Gasteiger partial charge in [0.1, 0.15) is 23.4 Å². The maximum absolute atomic E-state index is 13.5. The van der Waals surface area contributed by atoms with Gasteiger partial charge in [0.15, 0.2) is 0 Å². The van der Waals surface area contributed by atoms with Crippen molar-refractivity contribution in [3.63, 3.8) is 0 Å². The van der Waals surface area contributed by atoms with Gasteiger partial charge in [-0.05, 0) is 37.0 Å². The highest BCUT2D eigenvalue weighted by Gasteiger charge is 2.35. The van der Waals surface area contributed by atoms with Crippen LogP contribution < -0.4 is 10.5 Å². The molecule has 0 radical (unpaired) electrons. The molecular weight excluding hydrogens is 577 g/mol. The van der Waals surface area contributed by atoms with Gasteiger partial charge in [0, 0.05) is 23.7 Å². The SMILES string of the molecule is NS(=O)(=O)OC[C@H]1C[C@@H](Nc2ncncc2C(=O)c2cc([C@@H]3OCCc4ccc(Cl)nc43)c(Cl)s2)C[C@@H]1O. The molecule has 1 saturated carbocycles. The number of hydrogen-bond donors (Lipinski definition) is 3. The van der Waals surface area contributed by atoms with E-state index in [2.05, 4.69) is 24.5 Å². The summed E-state index contributed by atoms with van der Waals surface area (Å²) >= 11 is 13.8. The number of carbonyl (C=O) groups is 1. The molecule has 0 aromatic carbocycles. The number of nitrogens with zero attached hydrogens (tertiary/aromatic N) is 3. The number of ketones is 1. The van der Waals surface area contributed by atoms with Crippen LogP contribution >= 0.6 is 34.5 Å². The second kappa shape index (κ2) is 11.1. The molecule has 1 aliphatic carbocycles. The molecule has 1 fully saturated rings. The van der Waals surface area contributed by atoms with E-state index in [1.54, 1.807) is 12.1 Å². The van der Waals surface area contributed by atoms with Crippen LogP contribution in [-0.4, -0.2) is 59.6 Å². The summed E-state index contributed by atoms with van der Waals surface area (Å²) in [4.78, 5) is 26.6. The van der Waals surface area contributed by atoms with E-state index in [0.29, 0.717) is 51.5 Å². The number of ether oxygens (including phenoxy) is 1. The molecule has 3 aromatic rings. The summed E-state index contributed by atoms with van der Waals surface area (Å²) in [5, 5.41) is 18.7. The van der Waals surface area contributed by atoms with Crippen LogP contribution in [-0.2, 0) is 25.6 Å². The fraction of sp³-hybridized carbons (Fsp3) is 0.391. The summed E-state index contributed by atoms with van der Waals surface area (Å²) in [5.41, 5.74) is 2.53. The predicted molar refractivity (Wildman–Crippen MR) is 141 cm³/mol. The molecule has 0 bridgehead atoms. The van der Waals surface area contributed by atoms with Crippen LogP contribution in [0.15, 0.2) is 30.7 Å². The third-order valence-electron chi connectivity index (χ3n) is 6.50. The summed E-state index contributed by atoms with van der Waals surface area (Å²) in [6.45, 7) is 0.240. The van der Waals surface area contributed by atoms with Crippen molar-refractivity contribution < 1.29 is 27.2 Å². The first-order valence-electron chi connectivity index (χ1n) is 11.6. The molecule has 202 valence electrons. The molecule has 15 heteroatoms. The molecule has 0 saturated heterocycles. The molecular formula is C23H23Cl2N5O6S2. The number of aliphatic hydroxyl groups is 1. The fourth-order valence-electron chi connectivity index (χ4n) is 4.71. The Morgan fingerprint density at radius 3 is 2.92 bits per heavy atom. The number of fused-ring (bicyclic) bond motifs is 1. The van der Waals surface area contributed by atoms with E-state index in [1.807, 2.05) is 6.07 Å². The van der Waals surface area contributed by atoms with Crippen LogP contribution in [0.5, 0.6) is 0 Å². The van der Waals surface area contributed by atoms with Crippen LogP contribution in [0.4, 0.5) is 5.82 Å². The van der Waals surface area contributed by atoms with Crippen molar-refractivity contribution >= 4 is 56.4 Å². The van der Waals surface area contributed by atoms with Crippen molar-refractivity contribution in [2.75, 3.05) is 18.5 Å². The summed E-state index contributed by atoms with van der Waals surface area (Å²) < 4.78 is 33.2. The van der Waals surface area contributed by atoms with Crippen molar-refractivity contribution in [2.45, 2.75) is 37.5 Å². The first kappa shape index (κ1) is 27.3. The molecule has 5 rings (SSSR count). The van der Waals surface area contributed by atoms with E-state index in [9.17, 15) is 18.3 Å². The van der Waals surface area contributed by atoms with E-state index in [4.69, 9.17) is 33.1 Å². The Labute approximate surface area is 232 Å². The van der Waals surface area contributed by atoms with Gasteiger partial charge in [0.2, 0.25) is 5.78 Å². The van der Waals surface area contributed by atoms with Crippen molar-refractivity contribution in [1.82, 2.24) is 15.0 Å². The topological polar surface area (TPSA) is 167 Å². The minimum Gasteiger partial charge on any atom is -0.393 e. The highest BCUT2D eigenvalue weighted by atomic mass is 35.5. The lowest BCUT2D eigenvalue weighted by Crippen LogP contribution is -2.24. The van der Waals surface area contributed by atoms with Crippen LogP contribution in [0.1, 0.15) is 51.0 Å². The van der Waals surface area contributed by atoms with E-state index in [-0.39, 0.29) is 29.8 Å². The number of nitrogens with two attached hydrogens (primary N) is 1. The van der Waals surface area contributed by atoms with Gasteiger partial charge in [-0.3, -0.25) is 8.98 Å². The predicted octanol–water partition coefficient (Wildman–Crippen LogP) is 2.90. The number of halogens is 2. The normalized spacial score (nSPS) is 23.3. The third-order valence-corrected chi connectivity index (χ3v) is 8.57. The molecule has 4 atom stereocenters. The van der Waals surface area contributed by atoms with Gasteiger partial charge in [-0.2, -0.15) is 8.42 Å². The number of hydrogen-bond acceptors (Lipinski definition) is 11. The van der Waals surface area contributed by atoms with Gasteiger partial charge in [-0.1, -0.05) is 29.3 Å². The van der Waals surface area contributed by atoms with Gasteiger partial charge in [0.05, 0.1) is 39.8 Å². The maximum atomic E-state index is 13.5. The van der Waals surface area contributed by atoms with Crippen molar-refractivity contribution in [3.8, 4) is 0 Å². The summed E-state index contributed by atoms with van der Waals surface area (Å²) in [6.07, 6.45) is 2.74. The average Bonchev–Trinajstić information content (AvgIpc) is 3.43. The number of nitrogens with one attached hydrogen (secondary N) is 1. The molecule has 2 aliphatic rings. The largest absolute Gasteiger partial charge is 0.393 e. The summed E-state index contributed by atoms with van der Waals surface area (Å²) in [6, 6.07) is 5.05. The van der Waals surface area contributed by atoms with Crippen LogP contribution in [0.25, 0.3) is 0 Å². The highest BCUT2D eigenvalue weighted by molar-refractivity contribution is 7.84. The van der Waals surface area contributed by atoms with E-state index < -0.39 is 28.4 Å². The number of thiophene rings is 1. The standard InChI is InChI=1S/C23H23Cl2N5O6S2/c24-18-2-1-11-3-4-35-21(19(11)30-18)14-7-17(37-22(14)25)20(32)15-8-27-10-28-23(15)29-13-5-12(16(31)6-13)9-36-38(26,33)34/h1-2,7-8,10,12-13,16,21,31H,3-6,9H2,(H2,26,33,34)(H,27,28,29)/t12-,13-,16+,21+/m1/s1. The van der Waals surface area contributed by atoms with Gasteiger partial charge in [-0.15, -0.1) is 11.3 Å². The molecule has 0 unspecified atom stereocenters. The second-order valence-electron chi connectivity index (χ2n) is 9.05. The molecule has 0 amide bonds. The highest BCUT2D eigenvalue weighted by Crippen LogP contribution is 2.41. The zero-order chi connectivity index (χ0) is 27.0. The van der Waals surface area contributed by atoms with Crippen molar-refractivity contribution in [3.05, 3.63) is 67.5 Å². The molecule has 11 nitrogen and oxygen atoms in total. The Kier molecular flexibility index (Phi) is 7.99. The lowest BCUT2D eigenvalue weighted by Gasteiger charge is -2.25. The van der Waals surface area contributed by atoms with Gasteiger partial charge in [0.25, 0.3) is 0 Å². The number of aliphatic hydroxyl groups excluding tert-OH is 1. The average molecular weight is 601 g/mol. The Morgan fingerprint density at radius 2 is 2.13 bits per heavy atom. The molecule has 38 heavy (non-hydrogen) atoms. The number of pyridine rings is 1.